The molecule has 0 aliphatic carbocycles. The van der Waals surface area contributed by atoms with E-state index in [-0.39, 0.29) is 0 Å². The molecule has 0 aliphatic rings. The van der Waals surface area contributed by atoms with Crippen molar-refractivity contribution in [1.82, 2.24) is 0 Å². The zero-order chi connectivity index (χ0) is 7.94. The van der Waals surface area contributed by atoms with Crippen molar-refractivity contribution >= 4 is 22.6 Å². The van der Waals surface area contributed by atoms with Crippen LogP contribution >= 0.6 is 22.6 Å². The highest BCUT2D eigenvalue weighted by atomic mass is 127. The van der Waals surface area contributed by atoms with Crippen molar-refractivity contribution in [2.45, 2.75) is 19.4 Å². The van der Waals surface area contributed by atoms with Gasteiger partial charge >= 0.3 is 0 Å². The number of aryl methyl sites for hydroxylation is 1. The van der Waals surface area contributed by atoms with Gasteiger partial charge in [-0.05, 0) is 10.8 Å². The Bertz CT molecular complexity index is 186. The van der Waals surface area contributed by atoms with E-state index in [0.29, 0.717) is 0 Å². The fraction of sp³-hybridized carbons (Fsp3) is 0.444. The second kappa shape index (κ2) is 5.52. The number of aromatic nitrogens is 1. The van der Waals surface area contributed by atoms with Crippen LogP contribution in [0.3, 0.4) is 0 Å². The van der Waals surface area contributed by atoms with E-state index in [1.807, 2.05) is 0 Å². The van der Waals surface area contributed by atoms with E-state index < -0.39 is 0 Å². The minimum absolute atomic E-state index is 1.16. The smallest absolute Gasteiger partial charge is 0.168 e. The highest BCUT2D eigenvalue weighted by Gasteiger charge is 1.95. The molecule has 0 radical (unpaired) electrons. The number of halogens is 1. The molecule has 11 heavy (non-hydrogen) atoms. The third kappa shape index (κ3) is 3.70. The number of unbranched alkanes of at least 4 members (excludes halogenated alkanes) is 1. The predicted octanol–water partition coefficient (Wildman–Crippen LogP) is 2.19. The van der Waals surface area contributed by atoms with Crippen molar-refractivity contribution in [3.05, 3.63) is 30.6 Å². The molecule has 0 atom stereocenters. The maximum absolute atomic E-state index is 2.42. The second-order valence-electron chi connectivity index (χ2n) is 2.51. The Morgan fingerprint density at radius 3 is 2.36 bits per heavy atom. The lowest BCUT2D eigenvalue weighted by molar-refractivity contribution is -0.697. The number of rotatable bonds is 4. The maximum Gasteiger partial charge on any atom is 0.168 e. The molecular weight excluding hydrogens is 249 g/mol. The van der Waals surface area contributed by atoms with Crippen molar-refractivity contribution in [2.75, 3.05) is 4.43 Å². The Hall–Kier alpha value is -0.120. The van der Waals surface area contributed by atoms with Crippen LogP contribution in [0.1, 0.15) is 12.8 Å². The lowest BCUT2D eigenvalue weighted by atomic mass is 10.3. The summed E-state index contributed by atoms with van der Waals surface area (Å²) in [4.78, 5) is 0. The lowest BCUT2D eigenvalue weighted by Gasteiger charge is -1.93. The van der Waals surface area contributed by atoms with Crippen LogP contribution in [0.25, 0.3) is 0 Å². The number of nitrogens with zero attached hydrogens (tertiary/aromatic N) is 1. The van der Waals surface area contributed by atoms with Crippen LogP contribution in [0.4, 0.5) is 0 Å². The van der Waals surface area contributed by atoms with Gasteiger partial charge in [0.25, 0.3) is 0 Å². The maximum atomic E-state index is 2.42. The summed E-state index contributed by atoms with van der Waals surface area (Å²) in [5.41, 5.74) is 0. The highest BCUT2D eigenvalue weighted by Crippen LogP contribution is 1.93. The molecular formula is C9H13IN+. The molecule has 0 unspecified atom stereocenters. The molecule has 0 N–H and O–H groups in total. The first-order chi connectivity index (χ1) is 5.43. The summed E-state index contributed by atoms with van der Waals surface area (Å²) in [5.74, 6) is 0. The number of pyridine rings is 1. The summed E-state index contributed by atoms with van der Waals surface area (Å²) in [6, 6.07) is 6.20. The van der Waals surface area contributed by atoms with Crippen molar-refractivity contribution in [1.29, 1.82) is 0 Å². The molecule has 1 nitrogen and oxygen atoms in total. The van der Waals surface area contributed by atoms with Gasteiger partial charge < -0.3 is 0 Å². The molecule has 0 bridgehead atoms. The van der Waals surface area contributed by atoms with Crippen LogP contribution in [-0.2, 0) is 6.54 Å². The average Bonchev–Trinajstić information content (AvgIpc) is 2.07. The first-order valence-electron chi connectivity index (χ1n) is 3.93. The molecule has 0 saturated heterocycles. The molecule has 0 fully saturated rings. The first kappa shape index (κ1) is 8.97. The van der Waals surface area contributed by atoms with Gasteiger partial charge in [0.15, 0.2) is 12.4 Å². The Labute approximate surface area is 81.6 Å². The minimum Gasteiger partial charge on any atom is -0.205 e. The van der Waals surface area contributed by atoms with Crippen LogP contribution in [0.15, 0.2) is 30.6 Å². The topological polar surface area (TPSA) is 3.88 Å². The zero-order valence-corrected chi connectivity index (χ0v) is 8.70. The van der Waals surface area contributed by atoms with Crippen molar-refractivity contribution in [2.24, 2.45) is 0 Å². The summed E-state index contributed by atoms with van der Waals surface area (Å²) in [6.07, 6.45) is 6.85. The van der Waals surface area contributed by atoms with Gasteiger partial charge in [0.1, 0.15) is 6.54 Å². The summed E-state index contributed by atoms with van der Waals surface area (Å²) < 4.78 is 3.50. The normalized spacial score (nSPS) is 9.91. The monoisotopic (exact) mass is 262 g/mol. The summed E-state index contributed by atoms with van der Waals surface area (Å²) in [5, 5.41) is 0. The molecule has 60 valence electrons. The van der Waals surface area contributed by atoms with E-state index in [1.165, 1.54) is 17.3 Å². The van der Waals surface area contributed by atoms with E-state index in [0.717, 1.165) is 6.54 Å². The Balaban J connectivity index is 2.28. The largest absolute Gasteiger partial charge is 0.205 e. The zero-order valence-electron chi connectivity index (χ0n) is 6.54. The van der Waals surface area contributed by atoms with E-state index in [4.69, 9.17) is 0 Å². The van der Waals surface area contributed by atoms with Crippen LogP contribution < -0.4 is 4.57 Å². The average molecular weight is 262 g/mol. The first-order valence-corrected chi connectivity index (χ1v) is 5.46. The Morgan fingerprint density at radius 2 is 1.73 bits per heavy atom. The molecule has 0 spiro atoms. The van der Waals surface area contributed by atoms with Gasteiger partial charge in [-0.2, -0.15) is 0 Å². The molecule has 1 rings (SSSR count). The van der Waals surface area contributed by atoms with Gasteiger partial charge in [-0.25, -0.2) is 4.57 Å². The molecule has 0 aliphatic heterocycles. The fourth-order valence-corrected chi connectivity index (χ4v) is 1.51. The molecule has 2 heteroatoms. The van der Waals surface area contributed by atoms with E-state index in [1.54, 1.807) is 0 Å². The van der Waals surface area contributed by atoms with Crippen LogP contribution in [-0.4, -0.2) is 4.43 Å². The number of hydrogen-bond acceptors (Lipinski definition) is 0. The lowest BCUT2D eigenvalue weighted by Crippen LogP contribution is -2.32. The van der Waals surface area contributed by atoms with Gasteiger partial charge in [0, 0.05) is 18.6 Å². The third-order valence-corrected chi connectivity index (χ3v) is 2.34. The highest BCUT2D eigenvalue weighted by molar-refractivity contribution is 14.1. The van der Waals surface area contributed by atoms with Crippen molar-refractivity contribution in [3.63, 3.8) is 0 Å². The third-order valence-electron chi connectivity index (χ3n) is 1.58. The molecule has 0 amide bonds. The van der Waals surface area contributed by atoms with E-state index in [2.05, 4.69) is 57.8 Å². The fourth-order valence-electron chi connectivity index (χ4n) is 0.972. The van der Waals surface area contributed by atoms with Gasteiger partial charge in [-0.3, -0.25) is 0 Å². The SMILES string of the molecule is ICCCC[n+]1ccccc1. The van der Waals surface area contributed by atoms with Crippen LogP contribution in [0.2, 0.25) is 0 Å². The summed E-state index contributed by atoms with van der Waals surface area (Å²) in [7, 11) is 0. The van der Waals surface area contributed by atoms with Crippen molar-refractivity contribution < 1.29 is 4.57 Å². The van der Waals surface area contributed by atoms with Gasteiger partial charge in [0.05, 0.1) is 0 Å². The van der Waals surface area contributed by atoms with Crippen molar-refractivity contribution in [3.8, 4) is 0 Å². The number of hydrogen-bond donors (Lipinski definition) is 0. The van der Waals surface area contributed by atoms with Gasteiger partial charge in [-0.15, -0.1) is 0 Å². The second-order valence-corrected chi connectivity index (χ2v) is 3.59. The standard InChI is InChI=1S/C9H13IN/c10-6-2-5-9-11-7-3-1-4-8-11/h1,3-4,7-8H,2,5-6,9H2/q+1. The van der Waals surface area contributed by atoms with Gasteiger partial charge in [0.2, 0.25) is 0 Å². The van der Waals surface area contributed by atoms with Gasteiger partial charge in [-0.1, -0.05) is 28.7 Å². The molecule has 0 saturated carbocycles. The van der Waals surface area contributed by atoms with Crippen LogP contribution in [0.5, 0.6) is 0 Å². The molecule has 1 aromatic rings. The number of alkyl halides is 1. The Morgan fingerprint density at radius 1 is 1.00 bits per heavy atom. The quantitative estimate of drug-likeness (QED) is 0.339. The van der Waals surface area contributed by atoms with E-state index >= 15 is 0 Å². The molecule has 0 aromatic carbocycles. The molecule has 1 aromatic heterocycles. The van der Waals surface area contributed by atoms with Crippen LogP contribution in [0, 0.1) is 0 Å². The predicted molar refractivity (Wildman–Crippen MR) is 54.8 cm³/mol. The molecule has 1 heterocycles. The minimum atomic E-state index is 1.16. The Kier molecular flexibility index (Phi) is 4.50. The summed E-state index contributed by atoms with van der Waals surface area (Å²) >= 11 is 2.42. The van der Waals surface area contributed by atoms with E-state index in [9.17, 15) is 0 Å². The summed E-state index contributed by atoms with van der Waals surface area (Å²) in [6.45, 7) is 1.16.